The topological polar surface area (TPSA) is 169 Å². The number of pyridine rings is 1. The number of piperidine rings is 1. The Bertz CT molecular complexity index is 1340. The Morgan fingerprint density at radius 2 is 1.91 bits per heavy atom. The van der Waals surface area contributed by atoms with E-state index in [1.54, 1.807) is 54.1 Å². The zero-order valence-electron chi connectivity index (χ0n) is 25.6. The number of carbonyl (C=O) groups excluding carboxylic acids is 3. The highest BCUT2D eigenvalue weighted by Gasteiger charge is 2.45. The summed E-state index contributed by atoms with van der Waals surface area (Å²) in [5.74, 6) is -3.48. The highest BCUT2D eigenvalue weighted by atomic mass is 35.5. The van der Waals surface area contributed by atoms with Gasteiger partial charge in [-0.25, -0.2) is 0 Å². The summed E-state index contributed by atoms with van der Waals surface area (Å²) >= 11 is 6.13. The van der Waals surface area contributed by atoms with Crippen molar-refractivity contribution in [2.24, 2.45) is 11.7 Å². The van der Waals surface area contributed by atoms with Crippen molar-refractivity contribution < 1.29 is 33.8 Å². The number of likely N-dealkylation sites (N-methyl/N-ethyl adjacent to an activating group) is 1. The van der Waals surface area contributed by atoms with E-state index in [1.807, 2.05) is 12.1 Å². The Morgan fingerprint density at radius 1 is 1.23 bits per heavy atom. The number of benzene rings is 1. The van der Waals surface area contributed by atoms with Crippen LogP contribution >= 0.6 is 11.6 Å². The number of nitrogens with one attached hydrogen (secondary N) is 1. The molecular formula is C31H42ClN5O7. The van der Waals surface area contributed by atoms with Gasteiger partial charge in [0.1, 0.15) is 6.04 Å². The molecule has 0 spiro atoms. The predicted octanol–water partition coefficient (Wildman–Crippen LogP) is 1.46. The van der Waals surface area contributed by atoms with Gasteiger partial charge in [0.05, 0.1) is 30.5 Å². The highest BCUT2D eigenvalue weighted by Crippen LogP contribution is 2.33. The molecule has 3 unspecified atom stereocenters. The lowest BCUT2D eigenvalue weighted by molar-refractivity contribution is -0.621. The maximum atomic E-state index is 14.0. The van der Waals surface area contributed by atoms with E-state index in [4.69, 9.17) is 22.1 Å². The molecule has 240 valence electrons. The van der Waals surface area contributed by atoms with Gasteiger partial charge in [-0.2, -0.15) is 4.73 Å². The van der Waals surface area contributed by atoms with Crippen LogP contribution in [0, 0.1) is 18.0 Å². The molecule has 1 aromatic carbocycles. The number of hydrogen-bond acceptors (Lipinski definition) is 7. The lowest BCUT2D eigenvalue weighted by Crippen LogP contribution is -2.65. The first-order valence-corrected chi connectivity index (χ1v) is 14.9. The number of carbonyl (C=O) groups is 4. The van der Waals surface area contributed by atoms with Crippen molar-refractivity contribution in [3.05, 3.63) is 69.6 Å². The van der Waals surface area contributed by atoms with Crippen LogP contribution in [0.2, 0.25) is 5.02 Å². The Balaban J connectivity index is 1.98. The third-order valence-electron chi connectivity index (χ3n) is 8.15. The standard InChI is InChI=1S/C31H42ClN5O7/c1-20-7-5-8-25(37(20)43)15-23(16-27(38)39)29(41)36-14-6-13-31(19-36,17-22-9-11-24(32)12-10-22)35(3)30(42)26(18-44-4)34-28(40)21(2)33/h5,7-12,21,23,26H,6,13-19,33H2,1-4H3,(H,34,40)(H,38,39)/t21?,23?,26?,31-/m1/s1. The van der Waals surface area contributed by atoms with Gasteiger partial charge >= 0.3 is 5.97 Å². The molecule has 0 saturated carbocycles. The summed E-state index contributed by atoms with van der Waals surface area (Å²) in [6.07, 6.45) is 0.917. The van der Waals surface area contributed by atoms with Gasteiger partial charge in [0.2, 0.25) is 17.7 Å². The van der Waals surface area contributed by atoms with Crippen molar-refractivity contribution in [2.75, 3.05) is 33.9 Å². The number of ether oxygens (including phenoxy) is 1. The number of hydrogen-bond donors (Lipinski definition) is 3. The molecule has 1 aromatic heterocycles. The van der Waals surface area contributed by atoms with Crippen LogP contribution in [0.5, 0.6) is 0 Å². The first-order valence-electron chi connectivity index (χ1n) is 14.5. The summed E-state index contributed by atoms with van der Waals surface area (Å²) in [6, 6.07) is 10.3. The van der Waals surface area contributed by atoms with E-state index in [1.165, 1.54) is 14.0 Å². The Hall–Kier alpha value is -3.74. The first-order chi connectivity index (χ1) is 20.8. The fraction of sp³-hybridized carbons (Fsp3) is 0.516. The van der Waals surface area contributed by atoms with Gasteiger partial charge < -0.3 is 35.9 Å². The minimum atomic E-state index is -1.16. The second-order valence-electron chi connectivity index (χ2n) is 11.5. The molecule has 13 heteroatoms. The molecule has 3 amide bonds. The van der Waals surface area contributed by atoms with Gasteiger partial charge in [0.25, 0.3) is 0 Å². The average molecular weight is 632 g/mol. The van der Waals surface area contributed by atoms with Gasteiger partial charge in [-0.3, -0.25) is 19.2 Å². The first kappa shape index (κ1) is 34.7. The van der Waals surface area contributed by atoms with Crippen molar-refractivity contribution in [1.29, 1.82) is 0 Å². The molecule has 12 nitrogen and oxygen atoms in total. The second kappa shape index (κ2) is 15.3. The van der Waals surface area contributed by atoms with Crippen molar-refractivity contribution >= 4 is 35.3 Å². The van der Waals surface area contributed by atoms with Gasteiger partial charge in [-0.05, 0) is 49.9 Å². The Kier molecular flexibility index (Phi) is 12.1. The van der Waals surface area contributed by atoms with Crippen molar-refractivity contribution in [2.45, 2.75) is 63.6 Å². The number of nitrogens with two attached hydrogens (primary N) is 1. The van der Waals surface area contributed by atoms with Crippen LogP contribution in [-0.4, -0.2) is 90.1 Å². The number of carboxylic acid groups (broad SMARTS) is 1. The van der Waals surface area contributed by atoms with E-state index in [0.717, 1.165) is 5.56 Å². The molecule has 1 aliphatic rings. The molecule has 0 radical (unpaired) electrons. The van der Waals surface area contributed by atoms with Crippen LogP contribution < -0.4 is 15.8 Å². The number of halogens is 1. The number of methoxy groups -OCH3 is 1. The summed E-state index contributed by atoms with van der Waals surface area (Å²) in [5.41, 5.74) is 6.43. The Labute approximate surface area is 262 Å². The van der Waals surface area contributed by atoms with E-state index in [9.17, 15) is 29.5 Å². The monoisotopic (exact) mass is 631 g/mol. The largest absolute Gasteiger partial charge is 0.618 e. The Morgan fingerprint density at radius 3 is 2.52 bits per heavy atom. The molecule has 0 aliphatic carbocycles. The summed E-state index contributed by atoms with van der Waals surface area (Å²) in [4.78, 5) is 55.4. The van der Waals surface area contributed by atoms with Crippen molar-refractivity contribution in [1.82, 2.24) is 15.1 Å². The number of aromatic nitrogens is 1. The normalized spacial score (nSPS) is 18.6. The number of aliphatic carboxylic acids is 1. The lowest BCUT2D eigenvalue weighted by Gasteiger charge is -2.49. The number of aryl methyl sites for hydroxylation is 1. The summed E-state index contributed by atoms with van der Waals surface area (Å²) in [5, 5.41) is 25.5. The van der Waals surface area contributed by atoms with E-state index in [2.05, 4.69) is 5.32 Å². The van der Waals surface area contributed by atoms with Crippen LogP contribution in [0.4, 0.5) is 0 Å². The van der Waals surface area contributed by atoms with Crippen LogP contribution in [0.1, 0.15) is 43.1 Å². The van der Waals surface area contributed by atoms with Crippen LogP contribution in [0.3, 0.4) is 0 Å². The van der Waals surface area contributed by atoms with Crippen LogP contribution in [0.25, 0.3) is 0 Å². The van der Waals surface area contributed by atoms with Gasteiger partial charge in [-0.1, -0.05) is 23.7 Å². The van der Waals surface area contributed by atoms with E-state index in [0.29, 0.717) is 46.9 Å². The molecule has 4 N–H and O–H groups in total. The van der Waals surface area contributed by atoms with Crippen molar-refractivity contribution in [3.63, 3.8) is 0 Å². The van der Waals surface area contributed by atoms with Crippen molar-refractivity contribution in [3.8, 4) is 0 Å². The maximum Gasteiger partial charge on any atom is 0.304 e. The maximum absolute atomic E-state index is 14.0. The van der Waals surface area contributed by atoms with E-state index >= 15 is 0 Å². The predicted molar refractivity (Wildman–Crippen MR) is 164 cm³/mol. The zero-order valence-corrected chi connectivity index (χ0v) is 26.4. The lowest BCUT2D eigenvalue weighted by atomic mass is 9.80. The quantitative estimate of drug-likeness (QED) is 0.220. The van der Waals surface area contributed by atoms with Gasteiger partial charge in [0.15, 0.2) is 11.4 Å². The fourth-order valence-corrected chi connectivity index (χ4v) is 5.84. The fourth-order valence-electron chi connectivity index (χ4n) is 5.71. The number of likely N-dealkylation sites (tertiary alicyclic amines) is 1. The van der Waals surface area contributed by atoms with Gasteiger partial charge in [0, 0.05) is 57.7 Å². The molecule has 0 bridgehead atoms. The molecular weight excluding hydrogens is 590 g/mol. The third-order valence-corrected chi connectivity index (χ3v) is 8.40. The molecule has 2 heterocycles. The minimum Gasteiger partial charge on any atom is -0.618 e. The molecule has 1 aliphatic heterocycles. The molecule has 1 fully saturated rings. The number of amides is 3. The highest BCUT2D eigenvalue weighted by molar-refractivity contribution is 6.30. The van der Waals surface area contributed by atoms with Crippen LogP contribution in [0.15, 0.2) is 42.5 Å². The van der Waals surface area contributed by atoms with Crippen LogP contribution in [-0.2, 0) is 36.8 Å². The molecule has 3 rings (SSSR count). The van der Waals surface area contributed by atoms with E-state index in [-0.39, 0.29) is 19.6 Å². The summed E-state index contributed by atoms with van der Waals surface area (Å²) in [6.45, 7) is 3.53. The molecule has 4 atom stereocenters. The smallest absolute Gasteiger partial charge is 0.304 e. The molecule has 1 saturated heterocycles. The minimum absolute atomic E-state index is 0.0506. The van der Waals surface area contributed by atoms with E-state index < -0.39 is 53.7 Å². The summed E-state index contributed by atoms with van der Waals surface area (Å²) in [7, 11) is 3.06. The van der Waals surface area contributed by atoms with Gasteiger partial charge in [-0.15, -0.1) is 0 Å². The average Bonchev–Trinajstić information content (AvgIpc) is 2.98. The number of rotatable bonds is 13. The number of carboxylic acids is 1. The third kappa shape index (κ3) is 8.67. The molecule has 44 heavy (non-hydrogen) atoms. The molecule has 2 aromatic rings. The number of nitrogens with zero attached hydrogens (tertiary/aromatic N) is 3. The zero-order chi connectivity index (χ0) is 32.6. The SMILES string of the molecule is COCC(NC(=O)C(C)N)C(=O)N(C)[C@@]1(Cc2ccc(Cl)cc2)CCCN(C(=O)C(CC(=O)O)Cc2cccc(C)[n+]2[O-])C1. The summed E-state index contributed by atoms with van der Waals surface area (Å²) < 4.78 is 5.96. The second-order valence-corrected chi connectivity index (χ2v) is 12.0.